The molecule has 1 aromatic rings. The van der Waals surface area contributed by atoms with Crippen molar-refractivity contribution in [3.63, 3.8) is 0 Å². The van der Waals surface area contributed by atoms with E-state index in [1.807, 2.05) is 18.2 Å². The van der Waals surface area contributed by atoms with Gasteiger partial charge in [-0.25, -0.2) is 0 Å². The number of hydrogen-bond acceptors (Lipinski definition) is 2. The summed E-state index contributed by atoms with van der Waals surface area (Å²) in [5.41, 5.74) is 2.36. The molecule has 1 unspecified atom stereocenters. The maximum atomic E-state index is 12.1. The average molecular weight is 242 g/mol. The molecule has 18 heavy (non-hydrogen) atoms. The van der Waals surface area contributed by atoms with Crippen LogP contribution < -0.4 is 10.6 Å². The summed E-state index contributed by atoms with van der Waals surface area (Å²) in [6.45, 7) is 2.21. The first-order valence-corrected chi connectivity index (χ1v) is 6.32. The van der Waals surface area contributed by atoms with Gasteiger partial charge in [-0.3, -0.25) is 4.79 Å². The topological polar surface area (TPSA) is 41.1 Å². The van der Waals surface area contributed by atoms with Crippen LogP contribution in [0.15, 0.2) is 24.3 Å². The van der Waals surface area contributed by atoms with Crippen LogP contribution in [-0.4, -0.2) is 19.0 Å². The van der Waals surface area contributed by atoms with Crippen molar-refractivity contribution in [2.45, 2.75) is 25.3 Å². The molecule has 1 aromatic carbocycles. The number of amides is 1. The fraction of sp³-hybridized carbons (Fsp3) is 0.400. The molecular formula is C15H18N2O. The molecule has 3 heteroatoms. The fourth-order valence-corrected chi connectivity index (χ4v) is 2.26. The lowest BCUT2D eigenvalue weighted by molar-refractivity contribution is -0.122. The van der Waals surface area contributed by atoms with Gasteiger partial charge in [-0.1, -0.05) is 24.3 Å². The third-order valence-electron chi connectivity index (χ3n) is 3.21. The Morgan fingerprint density at radius 2 is 2.33 bits per heavy atom. The Balaban J connectivity index is 1.98. The van der Waals surface area contributed by atoms with Gasteiger partial charge in [0, 0.05) is 26.1 Å². The molecule has 1 heterocycles. The van der Waals surface area contributed by atoms with Gasteiger partial charge in [0.25, 0.3) is 0 Å². The number of terminal acetylenes is 1. The largest absolute Gasteiger partial charge is 0.355 e. The lowest BCUT2D eigenvalue weighted by Gasteiger charge is -2.25. The Kier molecular flexibility index (Phi) is 4.38. The molecule has 2 N–H and O–H groups in total. The quantitative estimate of drug-likeness (QED) is 0.619. The number of hydrogen-bond donors (Lipinski definition) is 2. The SMILES string of the molecule is C#CCCCNC(=O)C1CNCc2ccccc21. The summed E-state index contributed by atoms with van der Waals surface area (Å²) in [6.07, 6.45) is 6.72. The molecule has 0 aromatic heterocycles. The van der Waals surface area contributed by atoms with E-state index in [2.05, 4.69) is 22.6 Å². The van der Waals surface area contributed by atoms with E-state index in [1.54, 1.807) is 0 Å². The Morgan fingerprint density at radius 1 is 1.50 bits per heavy atom. The lowest BCUT2D eigenvalue weighted by atomic mass is 9.90. The Labute approximate surface area is 108 Å². The highest BCUT2D eigenvalue weighted by molar-refractivity contribution is 5.84. The van der Waals surface area contributed by atoms with Crippen LogP contribution in [0.4, 0.5) is 0 Å². The van der Waals surface area contributed by atoms with Crippen molar-refractivity contribution >= 4 is 5.91 Å². The highest BCUT2D eigenvalue weighted by Gasteiger charge is 2.25. The van der Waals surface area contributed by atoms with Gasteiger partial charge in [-0.05, 0) is 17.5 Å². The predicted molar refractivity (Wildman–Crippen MR) is 72.0 cm³/mol. The van der Waals surface area contributed by atoms with Gasteiger partial charge < -0.3 is 10.6 Å². The molecule has 1 amide bonds. The zero-order chi connectivity index (χ0) is 12.8. The van der Waals surface area contributed by atoms with Crippen molar-refractivity contribution in [3.05, 3.63) is 35.4 Å². The molecule has 1 atom stereocenters. The lowest BCUT2D eigenvalue weighted by Crippen LogP contribution is -2.39. The molecule has 0 saturated heterocycles. The molecule has 1 aliphatic rings. The smallest absolute Gasteiger partial charge is 0.228 e. The summed E-state index contributed by atoms with van der Waals surface area (Å²) >= 11 is 0. The van der Waals surface area contributed by atoms with Gasteiger partial charge in [-0.2, -0.15) is 0 Å². The van der Waals surface area contributed by atoms with Gasteiger partial charge in [0.1, 0.15) is 0 Å². The van der Waals surface area contributed by atoms with Crippen molar-refractivity contribution in [2.75, 3.05) is 13.1 Å². The summed E-state index contributed by atoms with van der Waals surface area (Å²) in [5, 5.41) is 6.23. The Hall–Kier alpha value is -1.79. The number of benzene rings is 1. The Bertz CT molecular complexity index is 462. The first-order chi connectivity index (χ1) is 8.83. The van der Waals surface area contributed by atoms with Crippen LogP contribution in [0.25, 0.3) is 0 Å². The molecule has 0 radical (unpaired) electrons. The summed E-state index contributed by atoms with van der Waals surface area (Å²) in [4.78, 5) is 12.1. The molecule has 0 bridgehead atoms. The van der Waals surface area contributed by atoms with E-state index < -0.39 is 0 Å². The van der Waals surface area contributed by atoms with Gasteiger partial charge in [0.15, 0.2) is 0 Å². The van der Waals surface area contributed by atoms with E-state index in [4.69, 9.17) is 6.42 Å². The van der Waals surface area contributed by atoms with Gasteiger partial charge in [-0.15, -0.1) is 12.3 Å². The Morgan fingerprint density at radius 3 is 3.17 bits per heavy atom. The number of rotatable bonds is 4. The monoisotopic (exact) mass is 242 g/mol. The zero-order valence-electron chi connectivity index (χ0n) is 10.4. The van der Waals surface area contributed by atoms with Crippen molar-refractivity contribution in [2.24, 2.45) is 0 Å². The van der Waals surface area contributed by atoms with Crippen LogP contribution in [0, 0.1) is 12.3 Å². The molecule has 94 valence electrons. The number of unbranched alkanes of at least 4 members (excludes halogenated alkanes) is 1. The highest BCUT2D eigenvalue weighted by atomic mass is 16.1. The molecule has 1 aliphatic heterocycles. The molecule has 0 fully saturated rings. The second-order valence-corrected chi connectivity index (χ2v) is 4.48. The van der Waals surface area contributed by atoms with E-state index in [0.717, 1.165) is 18.5 Å². The number of fused-ring (bicyclic) bond motifs is 1. The molecular weight excluding hydrogens is 224 g/mol. The van der Waals surface area contributed by atoms with Gasteiger partial charge in [0.05, 0.1) is 5.92 Å². The van der Waals surface area contributed by atoms with Crippen LogP contribution in [0.2, 0.25) is 0 Å². The number of nitrogens with one attached hydrogen (secondary N) is 2. The normalized spacial score (nSPS) is 17.6. The standard InChI is InChI=1S/C15H18N2O/c1-2-3-6-9-17-15(18)14-11-16-10-12-7-4-5-8-13(12)14/h1,4-5,7-8,14,16H,3,6,9-11H2,(H,17,18). The molecule has 0 spiro atoms. The summed E-state index contributed by atoms with van der Waals surface area (Å²) < 4.78 is 0. The van der Waals surface area contributed by atoms with Crippen LogP contribution in [0.1, 0.15) is 29.9 Å². The molecule has 2 rings (SSSR count). The van der Waals surface area contributed by atoms with E-state index in [0.29, 0.717) is 19.5 Å². The minimum Gasteiger partial charge on any atom is -0.355 e. The first-order valence-electron chi connectivity index (χ1n) is 6.32. The number of carbonyl (C=O) groups excluding carboxylic acids is 1. The maximum Gasteiger partial charge on any atom is 0.228 e. The fourth-order valence-electron chi connectivity index (χ4n) is 2.26. The maximum absolute atomic E-state index is 12.1. The minimum atomic E-state index is -0.0826. The predicted octanol–water partition coefficient (Wildman–Crippen LogP) is 1.40. The molecule has 0 aliphatic carbocycles. The van der Waals surface area contributed by atoms with Crippen LogP contribution >= 0.6 is 0 Å². The zero-order valence-corrected chi connectivity index (χ0v) is 10.4. The third-order valence-corrected chi connectivity index (χ3v) is 3.21. The van der Waals surface area contributed by atoms with Crippen molar-refractivity contribution < 1.29 is 4.79 Å². The van der Waals surface area contributed by atoms with Crippen LogP contribution in [-0.2, 0) is 11.3 Å². The van der Waals surface area contributed by atoms with E-state index in [9.17, 15) is 4.79 Å². The molecule has 0 saturated carbocycles. The second-order valence-electron chi connectivity index (χ2n) is 4.48. The summed E-state index contributed by atoms with van der Waals surface area (Å²) in [6, 6.07) is 8.11. The minimum absolute atomic E-state index is 0.0826. The van der Waals surface area contributed by atoms with E-state index in [-0.39, 0.29) is 11.8 Å². The van der Waals surface area contributed by atoms with Crippen molar-refractivity contribution in [3.8, 4) is 12.3 Å². The van der Waals surface area contributed by atoms with Crippen LogP contribution in [0.5, 0.6) is 0 Å². The summed E-state index contributed by atoms with van der Waals surface area (Å²) in [5.74, 6) is 2.58. The first kappa shape index (κ1) is 12.7. The summed E-state index contributed by atoms with van der Waals surface area (Å²) in [7, 11) is 0. The van der Waals surface area contributed by atoms with E-state index in [1.165, 1.54) is 5.56 Å². The van der Waals surface area contributed by atoms with E-state index >= 15 is 0 Å². The van der Waals surface area contributed by atoms with Crippen molar-refractivity contribution in [1.82, 2.24) is 10.6 Å². The number of carbonyl (C=O) groups is 1. The van der Waals surface area contributed by atoms with Crippen LogP contribution in [0.3, 0.4) is 0 Å². The second kappa shape index (κ2) is 6.23. The molecule has 3 nitrogen and oxygen atoms in total. The third kappa shape index (κ3) is 2.91. The van der Waals surface area contributed by atoms with Gasteiger partial charge >= 0.3 is 0 Å². The average Bonchev–Trinajstić information content (AvgIpc) is 2.43. The highest BCUT2D eigenvalue weighted by Crippen LogP contribution is 2.23. The van der Waals surface area contributed by atoms with Gasteiger partial charge in [0.2, 0.25) is 5.91 Å². The van der Waals surface area contributed by atoms with Crippen molar-refractivity contribution in [1.29, 1.82) is 0 Å².